The van der Waals surface area contributed by atoms with Crippen LogP contribution in [-0.2, 0) is 24.3 Å². The summed E-state index contributed by atoms with van der Waals surface area (Å²) >= 11 is 0. The number of terminal acetylenes is 1. The summed E-state index contributed by atoms with van der Waals surface area (Å²) in [6, 6.07) is -0.950. The lowest BCUT2D eigenvalue weighted by Crippen LogP contribution is -2.49. The smallest absolute Gasteiger partial charge is 0.308 e. The van der Waals surface area contributed by atoms with E-state index >= 15 is 0 Å². The van der Waals surface area contributed by atoms with Crippen molar-refractivity contribution in [3.05, 3.63) is 0 Å². The van der Waals surface area contributed by atoms with E-state index in [1.807, 2.05) is 0 Å². The van der Waals surface area contributed by atoms with E-state index in [0.29, 0.717) is 19.3 Å². The molecule has 3 rings (SSSR count). The summed E-state index contributed by atoms with van der Waals surface area (Å²) in [5, 5.41) is 9.04. The second-order valence-corrected chi connectivity index (χ2v) is 11.2. The third-order valence-corrected chi connectivity index (χ3v) is 8.57. The Labute approximate surface area is 202 Å². The SMILES string of the molecule is C#C[C@H](CC(=O)OCC)NS(=O)(=O)C1CCCC(NC(=O)C2CCCC(NC3=NCCN3)C2)C1. The van der Waals surface area contributed by atoms with Crippen molar-refractivity contribution in [3.8, 4) is 12.3 Å². The quantitative estimate of drug-likeness (QED) is 0.268. The molecule has 10 nitrogen and oxygen atoms in total. The number of amides is 1. The Morgan fingerprint density at radius 1 is 1.21 bits per heavy atom. The van der Waals surface area contributed by atoms with Crippen LogP contribution in [-0.4, -0.2) is 69.3 Å². The van der Waals surface area contributed by atoms with Crippen molar-refractivity contribution in [2.75, 3.05) is 19.7 Å². The van der Waals surface area contributed by atoms with Crippen LogP contribution < -0.4 is 20.7 Å². The number of nitrogens with one attached hydrogen (secondary N) is 4. The molecule has 0 bridgehead atoms. The maximum atomic E-state index is 13.0. The van der Waals surface area contributed by atoms with Gasteiger partial charge in [-0.25, -0.2) is 8.42 Å². The molecule has 1 heterocycles. The molecular formula is C23H37N5O5S. The van der Waals surface area contributed by atoms with E-state index in [1.54, 1.807) is 6.92 Å². The maximum Gasteiger partial charge on any atom is 0.308 e. The van der Waals surface area contributed by atoms with E-state index in [0.717, 1.165) is 51.2 Å². The van der Waals surface area contributed by atoms with Gasteiger partial charge in [0.1, 0.15) is 0 Å². The third kappa shape index (κ3) is 7.60. The number of hydrogen-bond donors (Lipinski definition) is 4. The minimum atomic E-state index is -3.75. The fourth-order valence-corrected chi connectivity index (χ4v) is 6.64. The van der Waals surface area contributed by atoms with Crippen LogP contribution in [0.2, 0.25) is 0 Å². The predicted molar refractivity (Wildman–Crippen MR) is 129 cm³/mol. The summed E-state index contributed by atoms with van der Waals surface area (Å²) in [7, 11) is -3.75. The monoisotopic (exact) mass is 495 g/mol. The molecule has 5 atom stereocenters. The van der Waals surface area contributed by atoms with Crippen molar-refractivity contribution >= 4 is 27.9 Å². The molecule has 0 spiro atoms. The summed E-state index contributed by atoms with van der Waals surface area (Å²) in [4.78, 5) is 29.1. The zero-order valence-corrected chi connectivity index (χ0v) is 20.7. The standard InChI is InChI=1S/C23H37N5O5S/c1-3-17(15-21(29)33-4-2)28-34(31,32)20-10-6-9-19(14-20)26-22(30)16-7-5-8-18(13-16)27-23-24-11-12-25-23/h1,16-20,28H,4-15H2,2H3,(H,26,30)(H2,24,25,27)/t16?,17-,18?,19?,20?/m1/s1. The highest BCUT2D eigenvalue weighted by molar-refractivity contribution is 7.90. The van der Waals surface area contributed by atoms with Gasteiger partial charge in [-0.2, -0.15) is 4.72 Å². The van der Waals surface area contributed by atoms with Crippen molar-refractivity contribution in [2.24, 2.45) is 10.9 Å². The highest BCUT2D eigenvalue weighted by Gasteiger charge is 2.35. The molecule has 0 aromatic heterocycles. The highest BCUT2D eigenvalue weighted by Crippen LogP contribution is 2.27. The number of hydrogen-bond acceptors (Lipinski definition) is 8. The molecule has 1 amide bonds. The fourth-order valence-electron chi connectivity index (χ4n) is 4.94. The van der Waals surface area contributed by atoms with Gasteiger partial charge in [-0.15, -0.1) is 6.42 Å². The minimum absolute atomic E-state index is 0.00682. The van der Waals surface area contributed by atoms with Crippen molar-refractivity contribution in [3.63, 3.8) is 0 Å². The Morgan fingerprint density at radius 3 is 2.68 bits per heavy atom. The van der Waals surface area contributed by atoms with Gasteiger partial charge in [0.15, 0.2) is 5.96 Å². The second kappa shape index (κ2) is 12.4. The van der Waals surface area contributed by atoms with Gasteiger partial charge in [-0.3, -0.25) is 14.6 Å². The topological polar surface area (TPSA) is 138 Å². The van der Waals surface area contributed by atoms with E-state index in [2.05, 4.69) is 31.6 Å². The first-order valence-electron chi connectivity index (χ1n) is 12.3. The number of aliphatic imine (C=N–C) groups is 1. The van der Waals surface area contributed by atoms with Gasteiger partial charge in [0.25, 0.3) is 0 Å². The number of esters is 1. The Morgan fingerprint density at radius 2 is 1.97 bits per heavy atom. The van der Waals surface area contributed by atoms with E-state index in [9.17, 15) is 18.0 Å². The van der Waals surface area contributed by atoms with Crippen molar-refractivity contribution < 1.29 is 22.7 Å². The molecule has 190 valence electrons. The summed E-state index contributed by atoms with van der Waals surface area (Å²) in [5.74, 6) is 2.49. The number of rotatable bonds is 9. The molecule has 2 saturated carbocycles. The van der Waals surface area contributed by atoms with Gasteiger partial charge >= 0.3 is 5.97 Å². The van der Waals surface area contributed by atoms with Crippen molar-refractivity contribution in [1.29, 1.82) is 0 Å². The fraction of sp³-hybridized carbons (Fsp3) is 0.783. The molecule has 2 fully saturated rings. The molecule has 11 heteroatoms. The molecule has 0 aromatic carbocycles. The zero-order chi connectivity index (χ0) is 24.6. The van der Waals surface area contributed by atoms with Gasteiger partial charge in [0.05, 0.1) is 30.9 Å². The van der Waals surface area contributed by atoms with Crippen LogP contribution in [0.1, 0.15) is 64.7 Å². The van der Waals surface area contributed by atoms with Gasteiger partial charge in [0.2, 0.25) is 15.9 Å². The predicted octanol–water partition coefficient (Wildman–Crippen LogP) is 0.396. The number of carbonyl (C=O) groups is 2. The van der Waals surface area contributed by atoms with Gasteiger partial charge in [0, 0.05) is 24.5 Å². The van der Waals surface area contributed by atoms with Crippen LogP contribution in [0.4, 0.5) is 0 Å². The lowest BCUT2D eigenvalue weighted by atomic mass is 9.84. The Balaban J connectivity index is 1.50. The Kier molecular flexibility index (Phi) is 9.59. The number of sulfonamides is 1. The van der Waals surface area contributed by atoms with Crippen LogP contribution in [0.3, 0.4) is 0 Å². The normalized spacial score (nSPS) is 28.1. The van der Waals surface area contributed by atoms with E-state index in [-0.39, 0.29) is 36.9 Å². The molecule has 4 unspecified atom stereocenters. The van der Waals surface area contributed by atoms with Crippen LogP contribution >= 0.6 is 0 Å². The van der Waals surface area contributed by atoms with Gasteiger partial charge in [-0.1, -0.05) is 18.8 Å². The molecular weight excluding hydrogens is 458 g/mol. The lowest BCUT2D eigenvalue weighted by Gasteiger charge is -2.33. The molecule has 4 N–H and O–H groups in total. The van der Waals surface area contributed by atoms with Crippen LogP contribution in [0.25, 0.3) is 0 Å². The van der Waals surface area contributed by atoms with Gasteiger partial charge < -0.3 is 20.7 Å². The second-order valence-electron chi connectivity index (χ2n) is 9.25. The molecule has 0 radical (unpaired) electrons. The Hall–Kier alpha value is -2.32. The summed E-state index contributed by atoms with van der Waals surface area (Å²) in [6.07, 6.45) is 11.0. The Bertz CT molecular complexity index is 900. The first-order chi connectivity index (χ1) is 16.3. The van der Waals surface area contributed by atoms with E-state index in [1.165, 1.54) is 0 Å². The third-order valence-electron chi connectivity index (χ3n) is 6.66. The number of ether oxygens (including phenoxy) is 1. The molecule has 2 aliphatic carbocycles. The van der Waals surface area contributed by atoms with Crippen LogP contribution in [0.15, 0.2) is 4.99 Å². The summed E-state index contributed by atoms with van der Waals surface area (Å²) in [6.45, 7) is 3.49. The van der Waals surface area contributed by atoms with Crippen LogP contribution in [0.5, 0.6) is 0 Å². The maximum absolute atomic E-state index is 13.0. The van der Waals surface area contributed by atoms with E-state index in [4.69, 9.17) is 11.2 Å². The average Bonchev–Trinajstić information content (AvgIpc) is 3.32. The highest BCUT2D eigenvalue weighted by atomic mass is 32.2. The molecule has 0 saturated heterocycles. The summed E-state index contributed by atoms with van der Waals surface area (Å²) < 4.78 is 33.2. The van der Waals surface area contributed by atoms with E-state index < -0.39 is 27.3 Å². The summed E-state index contributed by atoms with van der Waals surface area (Å²) in [5.41, 5.74) is 0. The molecule has 34 heavy (non-hydrogen) atoms. The number of carbonyl (C=O) groups excluding carboxylic acids is 2. The molecule has 1 aliphatic heterocycles. The van der Waals surface area contributed by atoms with Gasteiger partial charge in [-0.05, 0) is 45.4 Å². The first-order valence-corrected chi connectivity index (χ1v) is 13.8. The lowest BCUT2D eigenvalue weighted by molar-refractivity contribution is -0.143. The zero-order valence-electron chi connectivity index (χ0n) is 19.8. The average molecular weight is 496 g/mol. The van der Waals surface area contributed by atoms with Crippen LogP contribution in [0, 0.1) is 18.3 Å². The first kappa shape index (κ1) is 26.3. The molecule has 3 aliphatic rings. The van der Waals surface area contributed by atoms with Crippen molar-refractivity contribution in [1.82, 2.24) is 20.7 Å². The minimum Gasteiger partial charge on any atom is -0.466 e. The number of nitrogens with zero attached hydrogens (tertiary/aromatic N) is 1. The largest absolute Gasteiger partial charge is 0.466 e. The molecule has 0 aromatic rings. The van der Waals surface area contributed by atoms with Crippen molar-refractivity contribution in [2.45, 2.75) is 88.1 Å². The number of guanidine groups is 1.